The molecule has 0 aliphatic heterocycles. The fourth-order valence-electron chi connectivity index (χ4n) is 3.07. The average Bonchev–Trinajstić information content (AvgIpc) is 3.52. The molecule has 4 rings (SSSR count). The Balaban J connectivity index is 1.36. The third-order valence-electron chi connectivity index (χ3n) is 4.73. The Hall–Kier alpha value is -3.54. The van der Waals surface area contributed by atoms with Gasteiger partial charge < -0.3 is 25.1 Å². The molecule has 0 unspecified atom stereocenters. The molecule has 2 heterocycles. The lowest BCUT2D eigenvalue weighted by molar-refractivity contribution is -0.127. The molecule has 0 bridgehead atoms. The van der Waals surface area contributed by atoms with Gasteiger partial charge in [-0.25, -0.2) is 9.97 Å². The zero-order valence-electron chi connectivity index (χ0n) is 18.4. The van der Waals surface area contributed by atoms with Crippen LogP contribution in [0.1, 0.15) is 11.3 Å². The number of rotatable bonds is 11. The van der Waals surface area contributed by atoms with Crippen LogP contribution in [0.15, 0.2) is 77.1 Å². The number of benzene rings is 2. The highest BCUT2D eigenvalue weighted by atomic mass is 79.9. The van der Waals surface area contributed by atoms with Gasteiger partial charge in [-0.2, -0.15) is 0 Å². The van der Waals surface area contributed by atoms with E-state index in [1.54, 1.807) is 36.7 Å². The number of hydrogen-bond donors (Lipinski definition) is 3. The van der Waals surface area contributed by atoms with E-state index in [-0.39, 0.29) is 18.9 Å². The number of ether oxygens (including phenoxy) is 2. The highest BCUT2D eigenvalue weighted by Gasteiger charge is 2.22. The number of hydrogen-bond acceptors (Lipinski definition) is 7. The van der Waals surface area contributed by atoms with E-state index in [1.807, 2.05) is 30.3 Å². The Morgan fingerprint density at radius 1 is 1.09 bits per heavy atom. The fourth-order valence-corrected chi connectivity index (χ4v) is 4.11. The van der Waals surface area contributed by atoms with Crippen molar-refractivity contribution in [1.82, 2.24) is 20.3 Å². The van der Waals surface area contributed by atoms with Gasteiger partial charge >= 0.3 is 0 Å². The van der Waals surface area contributed by atoms with Gasteiger partial charge in [-0.1, -0.05) is 41.7 Å². The summed E-state index contributed by atoms with van der Waals surface area (Å²) in [6.45, 7) is 0.325. The number of anilines is 1. The molecule has 0 fully saturated rings. The highest BCUT2D eigenvalue weighted by molar-refractivity contribution is 9.11. The molecular formula is C24H22BrN5O4S. The van der Waals surface area contributed by atoms with Crippen molar-refractivity contribution in [3.63, 3.8) is 0 Å². The molecule has 9 nitrogen and oxygen atoms in total. The smallest absolute Gasteiger partial charge is 0.279 e. The topological polar surface area (TPSA) is 118 Å². The van der Waals surface area contributed by atoms with Gasteiger partial charge in [-0.05, 0) is 45.8 Å². The molecule has 180 valence electrons. The van der Waals surface area contributed by atoms with Crippen molar-refractivity contribution in [2.45, 2.75) is 19.1 Å². The Labute approximate surface area is 214 Å². The van der Waals surface area contributed by atoms with Crippen molar-refractivity contribution < 1.29 is 19.1 Å². The summed E-state index contributed by atoms with van der Waals surface area (Å²) in [5.74, 6) is -0.148. The van der Waals surface area contributed by atoms with Gasteiger partial charge in [0, 0.05) is 11.9 Å². The van der Waals surface area contributed by atoms with Crippen LogP contribution in [0.2, 0.25) is 0 Å². The van der Waals surface area contributed by atoms with Gasteiger partial charge in [0.2, 0.25) is 11.8 Å². The molecule has 4 aromatic rings. The first-order chi connectivity index (χ1) is 17.0. The summed E-state index contributed by atoms with van der Waals surface area (Å²) in [5.41, 5.74) is 2.10. The van der Waals surface area contributed by atoms with E-state index < -0.39 is 11.9 Å². The Morgan fingerprint density at radius 2 is 1.89 bits per heavy atom. The zero-order valence-corrected chi connectivity index (χ0v) is 20.8. The number of aromatic amines is 1. The van der Waals surface area contributed by atoms with Crippen molar-refractivity contribution >= 4 is 44.8 Å². The zero-order chi connectivity index (χ0) is 24.5. The number of nitrogens with one attached hydrogen (secondary N) is 3. The van der Waals surface area contributed by atoms with Gasteiger partial charge in [0.15, 0.2) is 0 Å². The first-order valence-corrected chi connectivity index (χ1v) is 12.2. The van der Waals surface area contributed by atoms with Crippen molar-refractivity contribution in [3.05, 3.63) is 88.4 Å². The number of nitrogens with zero attached hydrogens (tertiary/aromatic N) is 2. The number of halogens is 1. The van der Waals surface area contributed by atoms with E-state index in [9.17, 15) is 9.59 Å². The maximum atomic E-state index is 13.0. The molecule has 0 aliphatic carbocycles. The van der Waals surface area contributed by atoms with Crippen LogP contribution in [0.5, 0.6) is 10.9 Å². The van der Waals surface area contributed by atoms with Crippen LogP contribution in [0.3, 0.4) is 0 Å². The predicted octanol–water partition coefficient (Wildman–Crippen LogP) is 4.30. The number of H-pyrrole nitrogens is 1. The van der Waals surface area contributed by atoms with E-state index in [0.717, 1.165) is 9.35 Å². The van der Waals surface area contributed by atoms with Crippen LogP contribution in [-0.2, 0) is 27.4 Å². The molecule has 2 aromatic carbocycles. The summed E-state index contributed by atoms with van der Waals surface area (Å²) in [4.78, 5) is 36.5. The molecular weight excluding hydrogens is 534 g/mol. The summed E-state index contributed by atoms with van der Waals surface area (Å²) in [5, 5.41) is 6.06. The van der Waals surface area contributed by atoms with Gasteiger partial charge in [-0.15, -0.1) is 0 Å². The van der Waals surface area contributed by atoms with Gasteiger partial charge in [0.05, 0.1) is 41.6 Å². The summed E-state index contributed by atoms with van der Waals surface area (Å²) >= 11 is 4.71. The molecule has 2 amide bonds. The number of carbonyl (C=O) groups excluding carboxylic acids is 2. The van der Waals surface area contributed by atoms with Crippen LogP contribution < -0.4 is 15.4 Å². The normalized spacial score (nSPS) is 11.6. The van der Waals surface area contributed by atoms with Crippen LogP contribution in [0.4, 0.5) is 5.69 Å². The standard InChI is InChI=1S/C24H22BrN5O4S/c25-21-12-27-24(35-21)34-19-8-6-17(7-9-19)29-23(32)20(14-33-13-16-4-2-1-3-5-16)30-22(31)10-18-11-26-15-28-18/h1-9,11-12,15,20H,10,13-14H2,(H,26,28)(H,29,32)(H,30,31)/t20-/m0/s1. The predicted molar refractivity (Wildman–Crippen MR) is 135 cm³/mol. The van der Waals surface area contributed by atoms with Crippen LogP contribution >= 0.6 is 27.3 Å². The number of thiazole rings is 1. The van der Waals surface area contributed by atoms with Gasteiger partial charge in [0.1, 0.15) is 11.8 Å². The van der Waals surface area contributed by atoms with Gasteiger partial charge in [-0.3, -0.25) is 9.59 Å². The fraction of sp³-hybridized carbons (Fsp3) is 0.167. The Bertz CT molecular complexity index is 1230. The third kappa shape index (κ3) is 7.74. The first-order valence-electron chi connectivity index (χ1n) is 10.6. The molecule has 11 heteroatoms. The molecule has 2 aromatic heterocycles. The maximum Gasteiger partial charge on any atom is 0.279 e. The lowest BCUT2D eigenvalue weighted by Gasteiger charge is -2.19. The minimum atomic E-state index is -0.895. The molecule has 0 aliphatic rings. The van der Waals surface area contributed by atoms with Crippen molar-refractivity contribution in [2.75, 3.05) is 11.9 Å². The molecule has 0 saturated heterocycles. The minimum Gasteiger partial charge on any atom is -0.431 e. The lowest BCUT2D eigenvalue weighted by atomic mass is 10.2. The summed E-state index contributed by atoms with van der Waals surface area (Å²) in [6, 6.07) is 15.6. The van der Waals surface area contributed by atoms with Crippen molar-refractivity contribution in [3.8, 4) is 10.9 Å². The second kappa shape index (κ2) is 12.2. The molecule has 35 heavy (non-hydrogen) atoms. The molecule has 1 atom stereocenters. The number of aromatic nitrogens is 3. The van der Waals surface area contributed by atoms with E-state index in [1.165, 1.54) is 17.7 Å². The summed E-state index contributed by atoms with van der Waals surface area (Å²) < 4.78 is 12.3. The maximum absolute atomic E-state index is 13.0. The van der Waals surface area contributed by atoms with Gasteiger partial charge in [0.25, 0.3) is 5.19 Å². The Morgan fingerprint density at radius 3 is 2.57 bits per heavy atom. The highest BCUT2D eigenvalue weighted by Crippen LogP contribution is 2.30. The van der Waals surface area contributed by atoms with Crippen molar-refractivity contribution in [2.24, 2.45) is 0 Å². The van der Waals surface area contributed by atoms with Crippen molar-refractivity contribution in [1.29, 1.82) is 0 Å². The average molecular weight is 556 g/mol. The number of amides is 2. The SMILES string of the molecule is O=C(Cc1c[nH]cn1)N[C@@H](COCc1ccccc1)C(=O)Nc1ccc(Oc2ncc(Br)s2)cc1. The molecule has 0 saturated carbocycles. The number of imidazole rings is 1. The second-order valence-electron chi connectivity index (χ2n) is 7.40. The molecule has 3 N–H and O–H groups in total. The quantitative estimate of drug-likeness (QED) is 0.254. The van der Waals surface area contributed by atoms with Crippen LogP contribution in [0, 0.1) is 0 Å². The van der Waals surface area contributed by atoms with E-state index in [0.29, 0.717) is 28.9 Å². The molecule has 0 radical (unpaired) electrons. The monoisotopic (exact) mass is 555 g/mol. The van der Waals surface area contributed by atoms with E-state index in [4.69, 9.17) is 9.47 Å². The van der Waals surface area contributed by atoms with E-state index in [2.05, 4.69) is 41.5 Å². The van der Waals surface area contributed by atoms with E-state index >= 15 is 0 Å². The Kier molecular flexibility index (Phi) is 8.60. The number of carbonyl (C=O) groups is 2. The third-order valence-corrected chi connectivity index (χ3v) is 6.08. The minimum absolute atomic E-state index is 0.00710. The largest absolute Gasteiger partial charge is 0.431 e. The van der Waals surface area contributed by atoms with Crippen LogP contribution in [0.25, 0.3) is 0 Å². The summed E-state index contributed by atoms with van der Waals surface area (Å²) in [7, 11) is 0. The lowest BCUT2D eigenvalue weighted by Crippen LogP contribution is -2.47. The molecule has 0 spiro atoms. The summed E-state index contributed by atoms with van der Waals surface area (Å²) in [6.07, 6.45) is 4.84. The van der Waals surface area contributed by atoms with Crippen LogP contribution in [-0.4, -0.2) is 39.4 Å². The second-order valence-corrected chi connectivity index (χ2v) is 9.78. The first kappa shape index (κ1) is 24.6.